The van der Waals surface area contributed by atoms with Crippen LogP contribution in [0.5, 0.6) is 0 Å². The van der Waals surface area contributed by atoms with Crippen LogP contribution in [-0.2, 0) is 23.6 Å². The van der Waals surface area contributed by atoms with Crippen LogP contribution >= 0.6 is 7.60 Å². The van der Waals surface area contributed by atoms with Crippen molar-refractivity contribution in [1.29, 1.82) is 0 Å². The lowest BCUT2D eigenvalue weighted by Gasteiger charge is -2.28. The zero-order valence-electron chi connectivity index (χ0n) is 16.3. The molecule has 15 heteroatoms. The Morgan fingerprint density at radius 3 is 2.48 bits per heavy atom. The van der Waals surface area contributed by atoms with Gasteiger partial charge in [0.1, 0.15) is 11.9 Å². The van der Waals surface area contributed by atoms with E-state index in [1.807, 2.05) is 0 Å². The molecule has 1 aliphatic rings. The molecule has 1 saturated heterocycles. The molecule has 0 bridgehead atoms. The molecule has 0 radical (unpaired) electrons. The molecule has 4 atom stereocenters. The Hall–Kier alpha value is -2.28. The zero-order chi connectivity index (χ0) is 23.8. The largest absolute Gasteiger partial charge is 0.456 e. The van der Waals surface area contributed by atoms with Gasteiger partial charge in [-0.1, -0.05) is 0 Å². The zero-order valence-corrected chi connectivity index (χ0v) is 17.2. The van der Waals surface area contributed by atoms with Crippen LogP contribution < -0.4 is 11.2 Å². The molecule has 31 heavy (non-hydrogen) atoms. The fourth-order valence-corrected chi connectivity index (χ4v) is 3.45. The first-order valence-electron chi connectivity index (χ1n) is 8.85. The van der Waals surface area contributed by atoms with Gasteiger partial charge in [-0.05, 0) is 13.8 Å². The number of ketones is 1. The molecule has 0 unspecified atom stereocenters. The smallest absolute Gasteiger partial charge is 0.394 e. The predicted octanol–water partition coefficient (Wildman–Crippen LogP) is 0.604. The van der Waals surface area contributed by atoms with E-state index in [1.54, 1.807) is 0 Å². The maximum atomic E-state index is 15.6. The van der Waals surface area contributed by atoms with Gasteiger partial charge < -0.3 is 29.0 Å². The number of nitrogens with zero attached hydrogens (tertiary/aromatic N) is 1. The number of aromatic nitrogens is 2. The fraction of sp³-hybridized carbons (Fsp3) is 0.625. The van der Waals surface area contributed by atoms with Gasteiger partial charge in [0.2, 0.25) is 0 Å². The summed E-state index contributed by atoms with van der Waals surface area (Å²) < 4.78 is 65.0. The minimum atomic E-state index is -6.02. The maximum absolute atomic E-state index is 15.6. The number of carbonyl (C=O) groups is 2. The Bertz CT molecular complexity index is 988. The van der Waals surface area contributed by atoms with Gasteiger partial charge in [-0.15, -0.1) is 0 Å². The quantitative estimate of drug-likeness (QED) is 0.363. The second kappa shape index (κ2) is 8.69. The lowest BCUT2D eigenvalue weighted by atomic mass is 9.96. The number of ether oxygens (including phenoxy) is 2. The molecule has 0 spiro atoms. The molecule has 0 aromatic carbocycles. The Kier molecular flexibility index (Phi) is 7.00. The highest BCUT2D eigenvalue weighted by Crippen LogP contribution is 2.57. The molecule has 1 aromatic rings. The third-order valence-electron chi connectivity index (χ3n) is 4.62. The summed E-state index contributed by atoms with van der Waals surface area (Å²) in [5.74, 6) is -1.58. The normalized spacial score (nSPS) is 26.6. The van der Waals surface area contributed by atoms with Gasteiger partial charge in [0.15, 0.2) is 18.0 Å². The highest BCUT2D eigenvalue weighted by molar-refractivity contribution is 7.53. The predicted molar refractivity (Wildman–Crippen MR) is 96.1 cm³/mol. The number of nitrogens with one attached hydrogen (secondary N) is 1. The average molecular weight is 472 g/mol. The highest BCUT2D eigenvalue weighted by Gasteiger charge is 2.62. The van der Waals surface area contributed by atoms with Crippen LogP contribution in [0.1, 0.15) is 39.3 Å². The van der Waals surface area contributed by atoms with E-state index in [9.17, 15) is 32.5 Å². The minimum absolute atomic E-state index is 0.228. The van der Waals surface area contributed by atoms with E-state index in [2.05, 4.69) is 4.98 Å². The van der Waals surface area contributed by atoms with E-state index < -0.39 is 73.2 Å². The van der Waals surface area contributed by atoms with Crippen molar-refractivity contribution in [2.45, 2.75) is 62.9 Å². The molecule has 0 saturated carbocycles. The molecule has 2 heterocycles. The lowest BCUT2D eigenvalue weighted by Crippen LogP contribution is -2.48. The molecule has 0 amide bonds. The molecular weight excluding hydrogens is 452 g/mol. The Morgan fingerprint density at radius 2 is 1.97 bits per heavy atom. The summed E-state index contributed by atoms with van der Waals surface area (Å²) in [7, 11) is -6.02. The van der Waals surface area contributed by atoms with E-state index in [4.69, 9.17) is 19.3 Å². The van der Waals surface area contributed by atoms with E-state index in [1.165, 1.54) is 6.92 Å². The van der Waals surface area contributed by atoms with E-state index in [0.29, 0.717) is 0 Å². The number of hydrogen-bond donors (Lipinski definition) is 3. The first-order chi connectivity index (χ1) is 14.1. The molecule has 3 N–H and O–H groups in total. The Labute approximate surface area is 172 Å². The number of alkyl halides is 3. The van der Waals surface area contributed by atoms with E-state index >= 15 is 4.39 Å². The van der Waals surface area contributed by atoms with Crippen LogP contribution in [0, 0.1) is 0 Å². The van der Waals surface area contributed by atoms with Crippen molar-refractivity contribution in [1.82, 2.24) is 9.55 Å². The molecule has 0 aliphatic carbocycles. The van der Waals surface area contributed by atoms with Crippen LogP contribution in [-0.4, -0.2) is 54.6 Å². The van der Waals surface area contributed by atoms with Crippen molar-refractivity contribution in [2.75, 3.05) is 0 Å². The standard InChI is InChI=1S/C16H20F3N2O9P/c1-8(22)3-4-11(24)30-12-9(7-16(18,19)31(26,27)28)29-13(15(12,2)17)21-10(23)5-6-20-14(21)25/h5-6,9,12-13H,3-4,7H2,1-2H3,(H,20,25)(H2,26,27,28)/t9-,12-,13-,15-/m1/s1. The third-order valence-corrected chi connectivity index (χ3v) is 5.65. The maximum Gasteiger partial charge on any atom is 0.394 e. The van der Waals surface area contributed by atoms with Crippen molar-refractivity contribution < 1.29 is 46.6 Å². The molecule has 1 fully saturated rings. The van der Waals surface area contributed by atoms with Gasteiger partial charge in [0, 0.05) is 18.7 Å². The number of esters is 1. The second-order valence-corrected chi connectivity index (χ2v) is 8.94. The van der Waals surface area contributed by atoms with Gasteiger partial charge >= 0.3 is 24.9 Å². The lowest BCUT2D eigenvalue weighted by molar-refractivity contribution is -0.159. The molecule has 2 rings (SSSR count). The molecule has 1 aromatic heterocycles. The number of carbonyl (C=O) groups excluding carboxylic acids is 2. The SMILES string of the molecule is CC(=O)CCC(=O)O[C@@H]1[C@@H](CC(F)(F)P(=O)(O)O)O[C@@H](n2c(=O)cc[nH]c2=O)[C@]1(C)F. The van der Waals surface area contributed by atoms with Crippen LogP contribution in [0.2, 0.25) is 0 Å². The third kappa shape index (κ3) is 5.32. The number of aromatic amines is 1. The van der Waals surface area contributed by atoms with Crippen LogP contribution in [0.4, 0.5) is 13.2 Å². The van der Waals surface area contributed by atoms with E-state index in [-0.39, 0.29) is 11.0 Å². The van der Waals surface area contributed by atoms with Crippen molar-refractivity contribution in [3.8, 4) is 0 Å². The van der Waals surface area contributed by atoms with Gasteiger partial charge in [-0.25, -0.2) is 13.8 Å². The summed E-state index contributed by atoms with van der Waals surface area (Å²) >= 11 is 0. The molecule has 1 aliphatic heterocycles. The van der Waals surface area contributed by atoms with Gasteiger partial charge in [0.05, 0.1) is 12.8 Å². The summed E-state index contributed by atoms with van der Waals surface area (Å²) in [5.41, 5.74) is -9.87. The second-order valence-electron chi connectivity index (χ2n) is 7.20. The number of H-pyrrole nitrogens is 1. The summed E-state index contributed by atoms with van der Waals surface area (Å²) in [6, 6.07) is 0.826. The first kappa shape index (κ1) is 25.0. The highest BCUT2D eigenvalue weighted by atomic mass is 31.2. The number of hydrogen-bond acceptors (Lipinski definition) is 7. The number of rotatable bonds is 8. The monoisotopic (exact) mass is 472 g/mol. The van der Waals surface area contributed by atoms with Gasteiger partial charge in [-0.2, -0.15) is 8.78 Å². The van der Waals surface area contributed by atoms with Crippen LogP contribution in [0.15, 0.2) is 21.9 Å². The summed E-state index contributed by atoms with van der Waals surface area (Å²) in [6.45, 7) is 1.88. The Balaban J connectivity index is 2.46. The summed E-state index contributed by atoms with van der Waals surface area (Å²) in [5, 5.41) is 0. The summed E-state index contributed by atoms with van der Waals surface area (Å²) in [4.78, 5) is 66.9. The number of halogens is 3. The number of Topliss-reactive ketones (excluding diaryl/α,β-unsaturated/α-hetero) is 1. The van der Waals surface area contributed by atoms with Crippen molar-refractivity contribution in [3.05, 3.63) is 33.1 Å². The minimum Gasteiger partial charge on any atom is -0.456 e. The van der Waals surface area contributed by atoms with Gasteiger partial charge in [0.25, 0.3) is 5.56 Å². The van der Waals surface area contributed by atoms with Crippen LogP contribution in [0.25, 0.3) is 0 Å². The molecular formula is C16H20F3N2O9P. The average Bonchev–Trinajstić information content (AvgIpc) is 2.83. The van der Waals surface area contributed by atoms with Crippen molar-refractivity contribution in [3.63, 3.8) is 0 Å². The molecule has 174 valence electrons. The van der Waals surface area contributed by atoms with Crippen LogP contribution in [0.3, 0.4) is 0 Å². The van der Waals surface area contributed by atoms with Gasteiger partial charge in [-0.3, -0.25) is 14.2 Å². The van der Waals surface area contributed by atoms with E-state index in [0.717, 1.165) is 19.2 Å². The summed E-state index contributed by atoms with van der Waals surface area (Å²) in [6.07, 6.45) is -8.13. The topological polar surface area (TPSA) is 165 Å². The van der Waals surface area contributed by atoms with Crippen molar-refractivity contribution in [2.24, 2.45) is 0 Å². The first-order valence-corrected chi connectivity index (χ1v) is 10.5. The Morgan fingerprint density at radius 1 is 1.35 bits per heavy atom. The molecule has 11 nitrogen and oxygen atoms in total. The fourth-order valence-electron chi connectivity index (χ4n) is 3.03. The van der Waals surface area contributed by atoms with Crippen molar-refractivity contribution >= 4 is 19.3 Å².